The summed E-state index contributed by atoms with van der Waals surface area (Å²) in [6.07, 6.45) is 5.24. The van der Waals surface area contributed by atoms with Gasteiger partial charge in [0.25, 0.3) is 0 Å². The highest BCUT2D eigenvalue weighted by Crippen LogP contribution is 2.37. The van der Waals surface area contributed by atoms with Gasteiger partial charge in [-0.15, -0.1) is 0 Å². The topological polar surface area (TPSA) is 54.0 Å². The van der Waals surface area contributed by atoms with Gasteiger partial charge < -0.3 is 18.8 Å². The molecule has 2 aliphatic rings. The molecular weight excluding hydrogens is 331 g/mol. The molecule has 2 fully saturated rings. The molecule has 6 heteroatoms. The molecule has 1 aromatic rings. The van der Waals surface area contributed by atoms with Crippen molar-refractivity contribution < 1.29 is 23.6 Å². The molecule has 1 saturated heterocycles. The molecule has 0 radical (unpaired) electrons. The number of methoxy groups -OCH3 is 1. The molecule has 1 aromatic carbocycles. The normalized spacial score (nSPS) is 22.3. The molecule has 1 aliphatic heterocycles. The lowest BCUT2D eigenvalue weighted by molar-refractivity contribution is -0.139. The zero-order valence-corrected chi connectivity index (χ0v) is 16.5. The van der Waals surface area contributed by atoms with Crippen LogP contribution in [0.3, 0.4) is 0 Å². The molecule has 0 atom stereocenters. The lowest BCUT2D eigenvalue weighted by atomic mass is 9.78. The Morgan fingerprint density at radius 3 is 2.27 bits per heavy atom. The molecule has 0 bridgehead atoms. The number of benzene rings is 1. The predicted molar refractivity (Wildman–Crippen MR) is 101 cm³/mol. The van der Waals surface area contributed by atoms with Crippen LogP contribution < -0.4 is 14.9 Å². The summed E-state index contributed by atoms with van der Waals surface area (Å²) >= 11 is 0. The molecule has 0 aromatic heterocycles. The Kier molecular flexibility index (Phi) is 5.36. The summed E-state index contributed by atoms with van der Waals surface area (Å²) in [5, 5.41) is 0. The van der Waals surface area contributed by atoms with Crippen LogP contribution in [0.1, 0.15) is 59.8 Å². The number of ether oxygens (including phenoxy) is 2. The van der Waals surface area contributed by atoms with Gasteiger partial charge in [-0.2, -0.15) is 0 Å². The largest absolute Gasteiger partial charge is 0.498 e. The number of carbonyl (C=O) groups excluding carboxylic acids is 1. The lowest BCUT2D eigenvalue weighted by Crippen LogP contribution is -2.41. The van der Waals surface area contributed by atoms with Gasteiger partial charge in [-0.05, 0) is 58.7 Å². The summed E-state index contributed by atoms with van der Waals surface area (Å²) in [5.74, 6) is 1.02. The summed E-state index contributed by atoms with van der Waals surface area (Å²) in [5.41, 5.74) is -0.158. The second kappa shape index (κ2) is 7.24. The molecule has 0 amide bonds. The van der Waals surface area contributed by atoms with E-state index in [0.717, 1.165) is 31.1 Å². The molecule has 0 unspecified atom stereocenters. The molecule has 1 saturated carbocycles. The monoisotopic (exact) mass is 360 g/mol. The number of carbonyl (C=O) groups is 1. The third kappa shape index (κ3) is 3.76. The van der Waals surface area contributed by atoms with Crippen LogP contribution in [0, 0.1) is 5.92 Å². The Morgan fingerprint density at radius 2 is 1.69 bits per heavy atom. The minimum atomic E-state index is -0.566. The van der Waals surface area contributed by atoms with Crippen molar-refractivity contribution in [3.8, 4) is 11.5 Å². The second-order valence-electron chi connectivity index (χ2n) is 8.25. The Morgan fingerprint density at radius 1 is 1.08 bits per heavy atom. The quantitative estimate of drug-likeness (QED) is 0.468. The average Bonchev–Trinajstić information content (AvgIpc) is 2.83. The van der Waals surface area contributed by atoms with E-state index in [0.29, 0.717) is 11.5 Å². The average molecular weight is 360 g/mol. The van der Waals surface area contributed by atoms with E-state index in [1.807, 2.05) is 27.7 Å². The third-order valence-electron chi connectivity index (χ3n) is 5.87. The number of hydrogen-bond acceptors (Lipinski definition) is 5. The standard InChI is InChI=1S/C20H29BO5/c1-19(2)20(3,4)26-21(25-19)16-13-15(11-12-17(16)23-5)24-18(22)14-9-7-6-8-10-14/h11-14H,6-10H2,1-5H3. The van der Waals surface area contributed by atoms with Crippen molar-refractivity contribution in [3.05, 3.63) is 18.2 Å². The molecule has 1 aliphatic carbocycles. The van der Waals surface area contributed by atoms with Crippen LogP contribution in [0.2, 0.25) is 0 Å². The maximum Gasteiger partial charge on any atom is 0.498 e. The maximum atomic E-state index is 12.4. The van der Waals surface area contributed by atoms with Crippen molar-refractivity contribution in [2.45, 2.75) is 71.0 Å². The van der Waals surface area contributed by atoms with E-state index in [4.69, 9.17) is 18.8 Å². The summed E-state index contributed by atoms with van der Waals surface area (Å²) in [6.45, 7) is 8.03. The van der Waals surface area contributed by atoms with E-state index < -0.39 is 18.3 Å². The van der Waals surface area contributed by atoms with Crippen LogP contribution >= 0.6 is 0 Å². The first kappa shape index (κ1) is 19.2. The third-order valence-corrected chi connectivity index (χ3v) is 5.87. The van der Waals surface area contributed by atoms with E-state index >= 15 is 0 Å². The molecule has 142 valence electrons. The molecule has 26 heavy (non-hydrogen) atoms. The maximum absolute atomic E-state index is 12.4. The van der Waals surface area contributed by atoms with Crippen molar-refractivity contribution in [1.29, 1.82) is 0 Å². The summed E-state index contributed by atoms with van der Waals surface area (Å²) < 4.78 is 23.4. The smallest absolute Gasteiger partial charge is 0.497 e. The molecule has 0 N–H and O–H groups in total. The van der Waals surface area contributed by atoms with E-state index in [9.17, 15) is 4.79 Å². The van der Waals surface area contributed by atoms with Crippen LogP contribution in [0.15, 0.2) is 18.2 Å². The molecule has 1 heterocycles. The van der Waals surface area contributed by atoms with E-state index in [-0.39, 0.29) is 11.9 Å². The highest BCUT2D eigenvalue weighted by Gasteiger charge is 2.52. The SMILES string of the molecule is COc1ccc(OC(=O)C2CCCCC2)cc1B1OC(C)(C)C(C)(C)O1. The zero-order valence-electron chi connectivity index (χ0n) is 16.5. The summed E-state index contributed by atoms with van der Waals surface area (Å²) in [7, 11) is 1.04. The highest BCUT2D eigenvalue weighted by molar-refractivity contribution is 6.63. The molecular formula is C20H29BO5. The van der Waals surface area contributed by atoms with Crippen LogP contribution in [-0.4, -0.2) is 31.4 Å². The fraction of sp³-hybridized carbons (Fsp3) is 0.650. The van der Waals surface area contributed by atoms with Crippen molar-refractivity contribution in [2.75, 3.05) is 7.11 Å². The van der Waals surface area contributed by atoms with Gasteiger partial charge in [0.15, 0.2) is 0 Å². The van der Waals surface area contributed by atoms with Gasteiger partial charge >= 0.3 is 13.1 Å². The number of esters is 1. The van der Waals surface area contributed by atoms with Crippen LogP contribution in [0.25, 0.3) is 0 Å². The number of rotatable bonds is 4. The van der Waals surface area contributed by atoms with Gasteiger partial charge in [-0.1, -0.05) is 19.3 Å². The van der Waals surface area contributed by atoms with Crippen molar-refractivity contribution in [3.63, 3.8) is 0 Å². The zero-order chi connectivity index (χ0) is 18.9. The van der Waals surface area contributed by atoms with Gasteiger partial charge in [-0.25, -0.2) is 0 Å². The van der Waals surface area contributed by atoms with E-state index in [1.165, 1.54) is 6.42 Å². The molecule has 0 spiro atoms. The molecule has 5 nitrogen and oxygen atoms in total. The second-order valence-corrected chi connectivity index (χ2v) is 8.25. The van der Waals surface area contributed by atoms with E-state index in [1.54, 1.807) is 25.3 Å². The minimum Gasteiger partial charge on any atom is -0.497 e. The van der Waals surface area contributed by atoms with Crippen LogP contribution in [-0.2, 0) is 14.1 Å². The van der Waals surface area contributed by atoms with Crippen LogP contribution in [0.4, 0.5) is 0 Å². The number of hydrogen-bond donors (Lipinski definition) is 0. The fourth-order valence-corrected chi connectivity index (χ4v) is 3.47. The fourth-order valence-electron chi connectivity index (χ4n) is 3.47. The van der Waals surface area contributed by atoms with Gasteiger partial charge in [-0.3, -0.25) is 4.79 Å². The molecule has 3 rings (SSSR count). The van der Waals surface area contributed by atoms with Crippen molar-refractivity contribution >= 4 is 18.6 Å². The summed E-state index contributed by atoms with van der Waals surface area (Å²) in [6, 6.07) is 5.35. The Labute approximate surface area is 156 Å². The van der Waals surface area contributed by atoms with E-state index in [2.05, 4.69) is 0 Å². The Balaban J connectivity index is 1.80. The predicted octanol–water partition coefficient (Wildman–Crippen LogP) is 3.48. The van der Waals surface area contributed by atoms with Crippen molar-refractivity contribution in [2.24, 2.45) is 5.92 Å². The van der Waals surface area contributed by atoms with Gasteiger partial charge in [0, 0.05) is 5.46 Å². The Hall–Kier alpha value is -1.53. The minimum absolute atomic E-state index is 0.00569. The van der Waals surface area contributed by atoms with Gasteiger partial charge in [0.1, 0.15) is 11.5 Å². The van der Waals surface area contributed by atoms with Gasteiger partial charge in [0.05, 0.1) is 24.2 Å². The van der Waals surface area contributed by atoms with Crippen LogP contribution in [0.5, 0.6) is 11.5 Å². The first-order chi connectivity index (χ1) is 12.2. The highest BCUT2D eigenvalue weighted by atomic mass is 16.7. The first-order valence-electron chi connectivity index (χ1n) is 9.49. The Bertz CT molecular complexity index is 648. The van der Waals surface area contributed by atoms with Crippen molar-refractivity contribution in [1.82, 2.24) is 0 Å². The lowest BCUT2D eigenvalue weighted by Gasteiger charge is -2.32. The first-order valence-corrected chi connectivity index (χ1v) is 9.49. The summed E-state index contributed by atoms with van der Waals surface area (Å²) in [4.78, 5) is 12.4. The van der Waals surface area contributed by atoms with Gasteiger partial charge in [0.2, 0.25) is 0 Å².